The molecule has 4 nitrogen and oxygen atoms in total. The van der Waals surface area contributed by atoms with Crippen LogP contribution in [0.2, 0.25) is 0 Å². The van der Waals surface area contributed by atoms with E-state index < -0.39 is 0 Å². The summed E-state index contributed by atoms with van der Waals surface area (Å²) in [6.45, 7) is 11.0. The molecule has 0 aliphatic rings. The molecule has 0 bridgehead atoms. The maximum atomic E-state index is 4.57. The second-order valence-corrected chi connectivity index (χ2v) is 7.71. The molecule has 20 heavy (non-hydrogen) atoms. The highest BCUT2D eigenvalue weighted by atomic mass is 127. The van der Waals surface area contributed by atoms with E-state index in [4.69, 9.17) is 0 Å². The van der Waals surface area contributed by atoms with Crippen molar-refractivity contribution in [1.82, 2.24) is 15.6 Å². The van der Waals surface area contributed by atoms with Gasteiger partial charge in [-0.1, -0.05) is 0 Å². The van der Waals surface area contributed by atoms with E-state index in [1.54, 1.807) is 11.3 Å². The molecular formula is C13H25IN4S2. The summed E-state index contributed by atoms with van der Waals surface area (Å²) in [5.74, 6) is 0.859. The van der Waals surface area contributed by atoms with Gasteiger partial charge in [0.05, 0.1) is 6.54 Å². The number of aryl methyl sites for hydroxylation is 1. The Morgan fingerprint density at radius 1 is 1.45 bits per heavy atom. The van der Waals surface area contributed by atoms with Crippen molar-refractivity contribution >= 4 is 53.0 Å². The SMILES string of the molecule is CCNC(=NCc1ncc(C)s1)NCC(C)(C)SC.I. The van der Waals surface area contributed by atoms with Crippen molar-refractivity contribution in [3.05, 3.63) is 16.1 Å². The average molecular weight is 428 g/mol. The molecule has 0 spiro atoms. The minimum Gasteiger partial charge on any atom is -0.357 e. The van der Waals surface area contributed by atoms with Crippen molar-refractivity contribution in [2.24, 2.45) is 4.99 Å². The number of hydrogen-bond acceptors (Lipinski definition) is 4. The first-order chi connectivity index (χ1) is 8.96. The standard InChI is InChI=1S/C13H24N4S2.HI/c1-6-14-12(17-9-13(3,4)18-5)16-8-11-15-7-10(2)19-11;/h7H,6,8-9H2,1-5H3,(H2,14,16,17);1H. The highest BCUT2D eigenvalue weighted by Gasteiger charge is 2.16. The van der Waals surface area contributed by atoms with Crippen LogP contribution in [0.25, 0.3) is 0 Å². The average Bonchev–Trinajstić information content (AvgIpc) is 2.79. The van der Waals surface area contributed by atoms with Crippen molar-refractivity contribution in [3.63, 3.8) is 0 Å². The van der Waals surface area contributed by atoms with Gasteiger partial charge >= 0.3 is 0 Å². The predicted molar refractivity (Wildman–Crippen MR) is 103 cm³/mol. The van der Waals surface area contributed by atoms with Crippen LogP contribution in [0.5, 0.6) is 0 Å². The number of nitrogens with one attached hydrogen (secondary N) is 2. The minimum atomic E-state index is 0. The van der Waals surface area contributed by atoms with Gasteiger partial charge in [0.15, 0.2) is 5.96 Å². The molecular weight excluding hydrogens is 403 g/mol. The molecule has 2 N–H and O–H groups in total. The summed E-state index contributed by atoms with van der Waals surface area (Å²) in [5, 5.41) is 7.70. The Kier molecular flexibility index (Phi) is 9.82. The second kappa shape index (κ2) is 9.83. The molecule has 0 unspecified atom stereocenters. The third-order valence-corrected chi connectivity index (χ3v) is 4.77. The molecule has 0 aliphatic carbocycles. The molecule has 0 atom stereocenters. The van der Waals surface area contributed by atoms with Crippen LogP contribution in [0, 0.1) is 6.92 Å². The van der Waals surface area contributed by atoms with E-state index in [1.165, 1.54) is 4.88 Å². The Morgan fingerprint density at radius 2 is 2.15 bits per heavy atom. The summed E-state index contributed by atoms with van der Waals surface area (Å²) in [4.78, 5) is 10.1. The normalized spacial score (nSPS) is 11.9. The van der Waals surface area contributed by atoms with Gasteiger partial charge in [0, 0.05) is 28.9 Å². The smallest absolute Gasteiger partial charge is 0.191 e. The maximum Gasteiger partial charge on any atom is 0.191 e. The van der Waals surface area contributed by atoms with E-state index in [2.05, 4.69) is 54.6 Å². The van der Waals surface area contributed by atoms with Crippen molar-refractivity contribution < 1.29 is 0 Å². The van der Waals surface area contributed by atoms with Crippen LogP contribution in [-0.2, 0) is 6.54 Å². The quantitative estimate of drug-likeness (QED) is 0.415. The van der Waals surface area contributed by atoms with E-state index in [0.717, 1.165) is 24.1 Å². The van der Waals surface area contributed by atoms with Crippen LogP contribution >= 0.6 is 47.1 Å². The highest BCUT2D eigenvalue weighted by Crippen LogP contribution is 2.19. The predicted octanol–water partition coefficient (Wildman–Crippen LogP) is 3.27. The van der Waals surface area contributed by atoms with Crippen molar-refractivity contribution in [3.8, 4) is 0 Å². The molecule has 0 amide bonds. The zero-order chi connectivity index (χ0) is 14.3. The molecule has 1 heterocycles. The lowest BCUT2D eigenvalue weighted by Crippen LogP contribution is -2.43. The van der Waals surface area contributed by atoms with E-state index in [0.29, 0.717) is 6.54 Å². The zero-order valence-corrected chi connectivity index (χ0v) is 16.8. The summed E-state index contributed by atoms with van der Waals surface area (Å²) in [7, 11) is 0. The monoisotopic (exact) mass is 428 g/mol. The van der Waals surface area contributed by atoms with Gasteiger partial charge in [-0.3, -0.25) is 0 Å². The van der Waals surface area contributed by atoms with Gasteiger partial charge in [-0.25, -0.2) is 9.98 Å². The van der Waals surface area contributed by atoms with Gasteiger partial charge in [-0.2, -0.15) is 11.8 Å². The molecule has 0 radical (unpaired) electrons. The van der Waals surface area contributed by atoms with Crippen molar-refractivity contribution in [2.45, 2.75) is 39.0 Å². The second-order valence-electron chi connectivity index (χ2n) is 4.88. The van der Waals surface area contributed by atoms with Gasteiger partial charge in [-0.05, 0) is 34.0 Å². The highest BCUT2D eigenvalue weighted by molar-refractivity contribution is 14.0. The van der Waals surface area contributed by atoms with Gasteiger partial charge in [0.1, 0.15) is 5.01 Å². The van der Waals surface area contributed by atoms with Gasteiger partial charge in [-0.15, -0.1) is 35.3 Å². The van der Waals surface area contributed by atoms with E-state index in [-0.39, 0.29) is 28.7 Å². The van der Waals surface area contributed by atoms with Gasteiger partial charge in [0.2, 0.25) is 0 Å². The van der Waals surface area contributed by atoms with Crippen molar-refractivity contribution in [2.75, 3.05) is 19.3 Å². The summed E-state index contributed by atoms with van der Waals surface area (Å²) < 4.78 is 0.202. The number of thiazole rings is 1. The lowest BCUT2D eigenvalue weighted by atomic mass is 10.2. The number of rotatable bonds is 6. The number of guanidine groups is 1. The molecule has 0 aliphatic heterocycles. The number of aliphatic imine (C=N–C) groups is 1. The van der Waals surface area contributed by atoms with Gasteiger partial charge in [0.25, 0.3) is 0 Å². The third-order valence-electron chi connectivity index (χ3n) is 2.62. The Hall–Kier alpha value is -0.0200. The molecule has 1 aromatic heterocycles. The lowest BCUT2D eigenvalue weighted by molar-refractivity contribution is 0.665. The molecule has 1 aromatic rings. The van der Waals surface area contributed by atoms with E-state index in [1.807, 2.05) is 18.0 Å². The number of halogens is 1. The van der Waals surface area contributed by atoms with E-state index in [9.17, 15) is 0 Å². The minimum absolute atomic E-state index is 0. The van der Waals surface area contributed by atoms with Crippen LogP contribution in [0.1, 0.15) is 30.7 Å². The van der Waals surface area contributed by atoms with Crippen LogP contribution in [0.15, 0.2) is 11.2 Å². The van der Waals surface area contributed by atoms with E-state index >= 15 is 0 Å². The fourth-order valence-corrected chi connectivity index (χ4v) is 2.26. The van der Waals surface area contributed by atoms with Crippen LogP contribution < -0.4 is 10.6 Å². The first kappa shape index (κ1) is 20.0. The molecule has 0 saturated carbocycles. The first-order valence-electron chi connectivity index (χ1n) is 6.45. The fourth-order valence-electron chi connectivity index (χ4n) is 1.33. The molecule has 7 heteroatoms. The first-order valence-corrected chi connectivity index (χ1v) is 8.49. The number of aromatic nitrogens is 1. The number of hydrogen-bond donors (Lipinski definition) is 2. The number of thioether (sulfide) groups is 1. The van der Waals surface area contributed by atoms with Crippen LogP contribution in [0.3, 0.4) is 0 Å². The molecule has 0 aromatic carbocycles. The zero-order valence-electron chi connectivity index (χ0n) is 12.8. The fraction of sp³-hybridized carbons (Fsp3) is 0.692. The van der Waals surface area contributed by atoms with Crippen molar-refractivity contribution in [1.29, 1.82) is 0 Å². The summed E-state index contributed by atoms with van der Waals surface area (Å²) >= 11 is 3.55. The molecule has 0 fully saturated rings. The van der Waals surface area contributed by atoms with Crippen LogP contribution in [-0.4, -0.2) is 35.0 Å². The Bertz CT molecular complexity index is 418. The van der Waals surface area contributed by atoms with Crippen LogP contribution in [0.4, 0.5) is 0 Å². The van der Waals surface area contributed by atoms with Gasteiger partial charge < -0.3 is 10.6 Å². The lowest BCUT2D eigenvalue weighted by Gasteiger charge is -2.23. The largest absolute Gasteiger partial charge is 0.357 e. The Morgan fingerprint density at radius 3 is 2.65 bits per heavy atom. The summed E-state index contributed by atoms with van der Waals surface area (Å²) in [6.07, 6.45) is 4.02. The maximum absolute atomic E-state index is 4.57. The summed E-state index contributed by atoms with van der Waals surface area (Å²) in [5.41, 5.74) is 0. The topological polar surface area (TPSA) is 49.3 Å². The Labute approximate surface area is 147 Å². The molecule has 0 saturated heterocycles. The number of nitrogens with zero attached hydrogens (tertiary/aromatic N) is 2. The molecule has 1 rings (SSSR count). The third kappa shape index (κ3) is 7.68. The Balaban J connectivity index is 0.00000361. The molecule has 116 valence electrons. The summed E-state index contributed by atoms with van der Waals surface area (Å²) in [6, 6.07) is 0.